The lowest BCUT2D eigenvalue weighted by Gasteiger charge is -2.19. The number of rotatable bonds is 4. The smallest absolute Gasteiger partial charge is 0.344 e. The van der Waals surface area contributed by atoms with E-state index in [9.17, 15) is 9.59 Å². The van der Waals surface area contributed by atoms with Crippen LogP contribution in [0.5, 0.6) is 5.75 Å². The van der Waals surface area contributed by atoms with Crippen molar-refractivity contribution in [1.29, 1.82) is 0 Å². The van der Waals surface area contributed by atoms with E-state index in [1.54, 1.807) is 69.3 Å². The van der Waals surface area contributed by atoms with Gasteiger partial charge in [0.05, 0.1) is 5.56 Å². The Labute approximate surface area is 161 Å². The third kappa shape index (κ3) is 4.89. The number of carbonyl (C=O) groups is 1. The van der Waals surface area contributed by atoms with Crippen molar-refractivity contribution >= 4 is 28.5 Å². The van der Waals surface area contributed by atoms with Crippen molar-refractivity contribution in [3.05, 3.63) is 64.0 Å². The number of benzene rings is 2. The topological polar surface area (TPSA) is 65.7 Å². The van der Waals surface area contributed by atoms with Crippen LogP contribution >= 0.6 is 11.6 Å². The maximum atomic E-state index is 12.3. The summed E-state index contributed by atoms with van der Waals surface area (Å²) in [6, 6.07) is 13.8. The molecule has 1 aromatic heterocycles. The Morgan fingerprint density at radius 3 is 2.44 bits per heavy atom. The maximum absolute atomic E-state index is 12.3. The quantitative estimate of drug-likeness (QED) is 0.474. The van der Waals surface area contributed by atoms with Gasteiger partial charge in [-0.25, -0.2) is 9.59 Å². The zero-order valence-electron chi connectivity index (χ0n) is 15.2. The highest BCUT2D eigenvalue weighted by Gasteiger charge is 2.17. The van der Waals surface area contributed by atoms with Crippen LogP contribution in [0.25, 0.3) is 22.1 Å². The van der Waals surface area contributed by atoms with E-state index >= 15 is 0 Å². The second-order valence-corrected chi connectivity index (χ2v) is 7.47. The molecule has 0 saturated heterocycles. The first-order valence-corrected chi connectivity index (χ1v) is 8.77. The van der Waals surface area contributed by atoms with Gasteiger partial charge in [0.15, 0.2) is 6.61 Å². The highest BCUT2D eigenvalue weighted by molar-refractivity contribution is 6.30. The Kier molecular flexibility index (Phi) is 5.24. The normalized spacial score (nSPS) is 11.4. The van der Waals surface area contributed by atoms with E-state index in [4.69, 9.17) is 25.5 Å². The molecule has 2 aromatic carbocycles. The number of hydrogen-bond donors (Lipinski definition) is 0. The van der Waals surface area contributed by atoms with E-state index in [2.05, 4.69) is 0 Å². The molecule has 1 heterocycles. The molecule has 0 N–H and O–H groups in total. The Balaban J connectivity index is 1.82. The fraction of sp³-hybridized carbons (Fsp3) is 0.238. The van der Waals surface area contributed by atoms with Crippen LogP contribution in [0.1, 0.15) is 20.8 Å². The van der Waals surface area contributed by atoms with Crippen LogP contribution in [-0.4, -0.2) is 18.2 Å². The molecule has 0 bridgehead atoms. The molecule has 0 saturated carbocycles. The predicted molar refractivity (Wildman–Crippen MR) is 104 cm³/mol. The van der Waals surface area contributed by atoms with E-state index in [0.717, 1.165) is 10.9 Å². The van der Waals surface area contributed by atoms with Gasteiger partial charge in [-0.05, 0) is 56.7 Å². The third-order valence-corrected chi connectivity index (χ3v) is 3.89. The van der Waals surface area contributed by atoms with Crippen LogP contribution < -0.4 is 10.4 Å². The van der Waals surface area contributed by atoms with E-state index in [1.807, 2.05) is 0 Å². The Hall–Kier alpha value is -2.79. The molecule has 27 heavy (non-hydrogen) atoms. The lowest BCUT2D eigenvalue weighted by atomic mass is 10.1. The van der Waals surface area contributed by atoms with Crippen LogP contribution in [0.3, 0.4) is 0 Å². The minimum atomic E-state index is -0.575. The largest absolute Gasteiger partial charge is 0.482 e. The molecule has 0 aliphatic heterocycles. The fourth-order valence-electron chi connectivity index (χ4n) is 2.53. The van der Waals surface area contributed by atoms with Gasteiger partial charge in [0.2, 0.25) is 0 Å². The molecule has 140 valence electrons. The number of ether oxygens (including phenoxy) is 2. The van der Waals surface area contributed by atoms with Gasteiger partial charge in [-0.3, -0.25) is 0 Å². The molecule has 0 aliphatic carbocycles. The van der Waals surface area contributed by atoms with Gasteiger partial charge in [-0.2, -0.15) is 0 Å². The molecule has 0 unspecified atom stereocenters. The van der Waals surface area contributed by atoms with Crippen LogP contribution in [0.15, 0.2) is 57.7 Å². The Bertz CT molecular complexity index is 1030. The van der Waals surface area contributed by atoms with E-state index in [-0.39, 0.29) is 6.61 Å². The van der Waals surface area contributed by atoms with Gasteiger partial charge in [0.25, 0.3) is 0 Å². The fourth-order valence-corrected chi connectivity index (χ4v) is 2.65. The molecule has 3 aromatic rings. The average molecular weight is 387 g/mol. The summed E-state index contributed by atoms with van der Waals surface area (Å²) in [6.45, 7) is 5.13. The summed E-state index contributed by atoms with van der Waals surface area (Å²) in [5.74, 6) is -0.0575. The summed E-state index contributed by atoms with van der Waals surface area (Å²) in [4.78, 5) is 24.1. The molecule has 0 amide bonds. The van der Waals surface area contributed by atoms with Crippen molar-refractivity contribution in [1.82, 2.24) is 0 Å². The van der Waals surface area contributed by atoms with E-state index < -0.39 is 17.2 Å². The molecule has 0 atom stereocenters. The molecule has 0 aliphatic rings. The minimum Gasteiger partial charge on any atom is -0.482 e. The molecular weight excluding hydrogens is 368 g/mol. The standard InChI is InChI=1S/C21H19ClO5/c1-21(2,3)27-19(23)12-25-16-9-6-14-10-17(20(24)26-18(14)11-16)13-4-7-15(22)8-5-13/h4-11H,12H2,1-3H3. The first kappa shape index (κ1) is 19.0. The summed E-state index contributed by atoms with van der Waals surface area (Å²) >= 11 is 5.89. The Morgan fingerprint density at radius 1 is 1.07 bits per heavy atom. The Morgan fingerprint density at radius 2 is 1.78 bits per heavy atom. The monoisotopic (exact) mass is 386 g/mol. The summed E-state index contributed by atoms with van der Waals surface area (Å²) in [5, 5.41) is 1.33. The summed E-state index contributed by atoms with van der Waals surface area (Å²) in [6.07, 6.45) is 0. The van der Waals surface area contributed by atoms with Crippen LogP contribution in [0, 0.1) is 0 Å². The molecule has 0 spiro atoms. The lowest BCUT2D eigenvalue weighted by Crippen LogP contribution is -2.27. The minimum absolute atomic E-state index is 0.226. The van der Waals surface area contributed by atoms with Gasteiger partial charge < -0.3 is 13.9 Å². The third-order valence-electron chi connectivity index (χ3n) is 3.64. The second-order valence-electron chi connectivity index (χ2n) is 7.03. The van der Waals surface area contributed by atoms with Gasteiger partial charge in [-0.15, -0.1) is 0 Å². The van der Waals surface area contributed by atoms with E-state index in [0.29, 0.717) is 21.9 Å². The molecule has 6 heteroatoms. The van der Waals surface area contributed by atoms with Gasteiger partial charge in [0, 0.05) is 16.5 Å². The van der Waals surface area contributed by atoms with Crippen molar-refractivity contribution in [2.45, 2.75) is 26.4 Å². The van der Waals surface area contributed by atoms with Crippen molar-refractivity contribution < 1.29 is 18.7 Å². The van der Waals surface area contributed by atoms with Crippen molar-refractivity contribution in [3.8, 4) is 16.9 Å². The van der Waals surface area contributed by atoms with Gasteiger partial charge in [-0.1, -0.05) is 23.7 Å². The summed E-state index contributed by atoms with van der Waals surface area (Å²) in [7, 11) is 0. The van der Waals surface area contributed by atoms with Crippen LogP contribution in [0.4, 0.5) is 0 Å². The molecule has 0 radical (unpaired) electrons. The number of hydrogen-bond acceptors (Lipinski definition) is 5. The van der Waals surface area contributed by atoms with Crippen molar-refractivity contribution in [3.63, 3.8) is 0 Å². The van der Waals surface area contributed by atoms with E-state index in [1.165, 1.54) is 0 Å². The SMILES string of the molecule is CC(C)(C)OC(=O)COc1ccc2cc(-c3ccc(Cl)cc3)c(=O)oc2c1. The molecule has 0 fully saturated rings. The highest BCUT2D eigenvalue weighted by Crippen LogP contribution is 2.25. The number of esters is 1. The molecule has 5 nitrogen and oxygen atoms in total. The first-order chi connectivity index (χ1) is 12.7. The first-order valence-electron chi connectivity index (χ1n) is 8.40. The van der Waals surface area contributed by atoms with Crippen molar-refractivity contribution in [2.24, 2.45) is 0 Å². The molecule has 3 rings (SSSR count). The highest BCUT2D eigenvalue weighted by atomic mass is 35.5. The zero-order chi connectivity index (χ0) is 19.6. The second kappa shape index (κ2) is 7.45. The van der Waals surface area contributed by atoms with Gasteiger partial charge in [0.1, 0.15) is 16.9 Å². The van der Waals surface area contributed by atoms with Crippen LogP contribution in [-0.2, 0) is 9.53 Å². The lowest BCUT2D eigenvalue weighted by molar-refractivity contribution is -0.157. The number of fused-ring (bicyclic) bond motifs is 1. The predicted octanol–water partition coefficient (Wildman–Crippen LogP) is 4.83. The van der Waals surface area contributed by atoms with Gasteiger partial charge >= 0.3 is 11.6 Å². The zero-order valence-corrected chi connectivity index (χ0v) is 16.0. The summed E-state index contributed by atoms with van der Waals surface area (Å²) in [5.41, 5.74) is 0.504. The summed E-state index contributed by atoms with van der Waals surface area (Å²) < 4.78 is 16.1. The average Bonchev–Trinajstić information content (AvgIpc) is 2.58. The van der Waals surface area contributed by atoms with Crippen molar-refractivity contribution in [2.75, 3.05) is 6.61 Å². The number of halogens is 1. The maximum Gasteiger partial charge on any atom is 0.344 e. The number of carbonyl (C=O) groups excluding carboxylic acids is 1. The molecular formula is C21H19ClO5. The van der Waals surface area contributed by atoms with Crippen LogP contribution in [0.2, 0.25) is 5.02 Å².